The lowest BCUT2D eigenvalue weighted by molar-refractivity contribution is 0.753. The summed E-state index contributed by atoms with van der Waals surface area (Å²) in [6, 6.07) is 80.0. The molecule has 0 atom stereocenters. The number of hydrogen-bond acceptors (Lipinski definition) is 2. The maximum Gasteiger partial charge on any atom is 0.0754 e. The summed E-state index contributed by atoms with van der Waals surface area (Å²) < 4.78 is 0. The first kappa shape index (κ1) is 31.4. The van der Waals surface area contributed by atoms with Gasteiger partial charge >= 0.3 is 0 Å². The monoisotopic (exact) mass is 700 g/mol. The van der Waals surface area contributed by atoms with Gasteiger partial charge in [-0.3, -0.25) is 0 Å². The van der Waals surface area contributed by atoms with Crippen molar-refractivity contribution >= 4 is 44.9 Å². The average molecular weight is 701 g/mol. The van der Waals surface area contributed by atoms with E-state index in [-0.39, 0.29) is 0 Å². The van der Waals surface area contributed by atoms with Crippen LogP contribution in [0.25, 0.3) is 33.0 Å². The normalized spacial score (nSPS) is 13.2. The summed E-state index contributed by atoms with van der Waals surface area (Å²) in [6.07, 6.45) is 0. The maximum atomic E-state index is 2.49. The Balaban J connectivity index is 1.16. The number of benzene rings is 9. The molecule has 0 fully saturated rings. The number of anilines is 6. The Hall–Kier alpha value is -7.16. The zero-order chi connectivity index (χ0) is 36.3. The van der Waals surface area contributed by atoms with Crippen LogP contribution in [-0.2, 0) is 5.41 Å². The molecule has 1 aliphatic carbocycles. The van der Waals surface area contributed by atoms with Gasteiger partial charge in [0.05, 0.1) is 22.5 Å². The van der Waals surface area contributed by atoms with Crippen molar-refractivity contribution in [2.75, 3.05) is 9.80 Å². The standard InChI is InChI=1S/C53H36N2/c1-4-18-38(19-5-1)54(39-20-6-2-7-21-39)50-35-34-41(42-24-10-11-26-45(42)50)37-32-33-44-43-25-12-13-27-46(43)53(49(44)36-37)47-28-14-16-30-51(47)55(40-22-8-3-9-23-40)52-31-17-15-29-48(52)53/h1-36H. The lowest BCUT2D eigenvalue weighted by Gasteiger charge is -2.45. The molecule has 2 aliphatic rings. The minimum Gasteiger partial charge on any atom is -0.310 e. The van der Waals surface area contributed by atoms with E-state index in [1.807, 2.05) is 0 Å². The molecule has 11 rings (SSSR count). The van der Waals surface area contributed by atoms with E-state index >= 15 is 0 Å². The summed E-state index contributed by atoms with van der Waals surface area (Å²) in [4.78, 5) is 4.81. The quantitative estimate of drug-likeness (QED) is 0.176. The van der Waals surface area contributed by atoms with Crippen molar-refractivity contribution < 1.29 is 0 Å². The van der Waals surface area contributed by atoms with Crippen LogP contribution in [-0.4, -0.2) is 0 Å². The Morgan fingerprint density at radius 1 is 0.345 bits per heavy atom. The van der Waals surface area contributed by atoms with Crippen molar-refractivity contribution in [2.24, 2.45) is 0 Å². The summed E-state index contributed by atoms with van der Waals surface area (Å²) in [6.45, 7) is 0. The molecule has 0 radical (unpaired) electrons. The first-order valence-electron chi connectivity index (χ1n) is 19.0. The van der Waals surface area contributed by atoms with Gasteiger partial charge in [0.15, 0.2) is 0 Å². The van der Waals surface area contributed by atoms with Gasteiger partial charge in [0.25, 0.3) is 0 Å². The van der Waals surface area contributed by atoms with Crippen molar-refractivity contribution in [3.05, 3.63) is 241 Å². The molecule has 1 spiro atoms. The highest BCUT2D eigenvalue weighted by molar-refractivity contribution is 6.07. The minimum atomic E-state index is -0.506. The molecule has 2 nitrogen and oxygen atoms in total. The molecule has 1 heterocycles. The van der Waals surface area contributed by atoms with E-state index in [0.29, 0.717) is 0 Å². The van der Waals surface area contributed by atoms with Gasteiger partial charge in [0.1, 0.15) is 0 Å². The molecule has 2 heteroatoms. The van der Waals surface area contributed by atoms with Crippen molar-refractivity contribution in [3.8, 4) is 22.3 Å². The molecule has 0 N–H and O–H groups in total. The van der Waals surface area contributed by atoms with Crippen LogP contribution in [0.4, 0.5) is 34.1 Å². The van der Waals surface area contributed by atoms with Gasteiger partial charge in [-0.05, 0) is 111 Å². The van der Waals surface area contributed by atoms with Crippen LogP contribution in [0.2, 0.25) is 0 Å². The van der Waals surface area contributed by atoms with Crippen LogP contribution < -0.4 is 9.80 Å². The molecule has 0 unspecified atom stereocenters. The first-order valence-corrected chi connectivity index (χ1v) is 19.0. The van der Waals surface area contributed by atoms with Crippen LogP contribution in [0.1, 0.15) is 22.3 Å². The van der Waals surface area contributed by atoms with Crippen molar-refractivity contribution in [2.45, 2.75) is 5.41 Å². The van der Waals surface area contributed by atoms with E-state index in [4.69, 9.17) is 0 Å². The van der Waals surface area contributed by atoms with Gasteiger partial charge in [-0.2, -0.15) is 0 Å². The van der Waals surface area contributed by atoms with Gasteiger partial charge < -0.3 is 9.80 Å². The predicted octanol–water partition coefficient (Wildman–Crippen LogP) is 14.1. The van der Waals surface area contributed by atoms with Crippen molar-refractivity contribution in [1.29, 1.82) is 0 Å². The zero-order valence-electron chi connectivity index (χ0n) is 30.2. The number of fused-ring (bicyclic) bond motifs is 10. The molecule has 0 aromatic heterocycles. The van der Waals surface area contributed by atoms with Gasteiger partial charge in [0, 0.05) is 22.4 Å². The third-order valence-corrected chi connectivity index (χ3v) is 11.6. The maximum absolute atomic E-state index is 2.49. The Labute approximate surface area is 321 Å². The van der Waals surface area contributed by atoms with E-state index in [9.17, 15) is 0 Å². The zero-order valence-corrected chi connectivity index (χ0v) is 30.2. The Morgan fingerprint density at radius 2 is 0.836 bits per heavy atom. The van der Waals surface area contributed by atoms with Crippen LogP contribution in [0.15, 0.2) is 218 Å². The van der Waals surface area contributed by atoms with Crippen LogP contribution in [0.3, 0.4) is 0 Å². The Morgan fingerprint density at radius 3 is 1.49 bits per heavy atom. The number of hydrogen-bond donors (Lipinski definition) is 0. The highest BCUT2D eigenvalue weighted by Crippen LogP contribution is 2.63. The predicted molar refractivity (Wildman–Crippen MR) is 230 cm³/mol. The lowest BCUT2D eigenvalue weighted by Crippen LogP contribution is -2.36. The van der Waals surface area contributed by atoms with Crippen LogP contribution in [0, 0.1) is 0 Å². The topological polar surface area (TPSA) is 6.48 Å². The largest absolute Gasteiger partial charge is 0.310 e. The molecule has 0 saturated heterocycles. The van der Waals surface area contributed by atoms with Crippen LogP contribution in [0.5, 0.6) is 0 Å². The smallest absolute Gasteiger partial charge is 0.0754 e. The van der Waals surface area contributed by atoms with E-state index in [0.717, 1.165) is 22.7 Å². The third kappa shape index (κ3) is 4.62. The van der Waals surface area contributed by atoms with E-state index in [1.165, 1.54) is 66.7 Å². The van der Waals surface area contributed by atoms with E-state index < -0.39 is 5.41 Å². The first-order chi connectivity index (χ1) is 27.3. The molecule has 9 aromatic carbocycles. The van der Waals surface area contributed by atoms with Crippen molar-refractivity contribution in [3.63, 3.8) is 0 Å². The summed E-state index contributed by atoms with van der Waals surface area (Å²) in [5, 5.41) is 2.43. The molecule has 0 saturated carbocycles. The summed E-state index contributed by atoms with van der Waals surface area (Å²) in [5.41, 5.74) is 16.7. The van der Waals surface area contributed by atoms with Gasteiger partial charge in [-0.15, -0.1) is 0 Å². The van der Waals surface area contributed by atoms with Gasteiger partial charge in [0.2, 0.25) is 0 Å². The van der Waals surface area contributed by atoms with Crippen molar-refractivity contribution in [1.82, 2.24) is 0 Å². The van der Waals surface area contributed by atoms with E-state index in [1.54, 1.807) is 0 Å². The molecule has 0 amide bonds. The van der Waals surface area contributed by atoms with Crippen LogP contribution >= 0.6 is 0 Å². The molecular formula is C53H36N2. The minimum absolute atomic E-state index is 0.506. The second-order valence-corrected chi connectivity index (χ2v) is 14.4. The number of nitrogens with zero attached hydrogens (tertiary/aromatic N) is 2. The molecule has 258 valence electrons. The molecule has 55 heavy (non-hydrogen) atoms. The second-order valence-electron chi connectivity index (χ2n) is 14.4. The summed E-state index contributed by atoms with van der Waals surface area (Å²) in [5.74, 6) is 0. The van der Waals surface area contributed by atoms with E-state index in [2.05, 4.69) is 228 Å². The molecule has 1 aliphatic heterocycles. The fourth-order valence-electron chi connectivity index (χ4n) is 9.44. The fraction of sp³-hybridized carbons (Fsp3) is 0.0189. The van der Waals surface area contributed by atoms with Gasteiger partial charge in [-0.25, -0.2) is 0 Å². The third-order valence-electron chi connectivity index (χ3n) is 11.6. The highest BCUT2D eigenvalue weighted by Gasteiger charge is 2.51. The Kier molecular flexibility index (Phi) is 7.11. The molecule has 9 aromatic rings. The summed E-state index contributed by atoms with van der Waals surface area (Å²) >= 11 is 0. The Bertz CT molecular complexity index is 2790. The average Bonchev–Trinajstić information content (AvgIpc) is 3.55. The van der Waals surface area contributed by atoms with Gasteiger partial charge in [-0.1, -0.05) is 158 Å². The SMILES string of the molecule is c1ccc(N2c3ccccc3C3(c4ccccc4-c4ccc(-c5ccc(N(c6ccccc6)c6ccccc6)c6ccccc56)cc43)c3ccccc32)cc1. The number of rotatable bonds is 5. The lowest BCUT2D eigenvalue weighted by atomic mass is 9.64. The summed E-state index contributed by atoms with van der Waals surface area (Å²) in [7, 11) is 0. The molecular weight excluding hydrogens is 665 g/mol. The fourth-order valence-corrected chi connectivity index (χ4v) is 9.44. The second kappa shape index (κ2) is 12.5. The molecule has 0 bridgehead atoms. The highest BCUT2D eigenvalue weighted by atomic mass is 15.2. The number of para-hydroxylation sites is 5.